The molecule has 1 heterocycles. The van der Waals surface area contributed by atoms with Crippen LogP contribution in [-0.4, -0.2) is 28.4 Å². The zero-order valence-electron chi connectivity index (χ0n) is 20.4. The number of rotatable bonds is 5. The number of fused-ring (bicyclic) bond motifs is 1. The van der Waals surface area contributed by atoms with E-state index in [-0.39, 0.29) is 10.8 Å². The quantitative estimate of drug-likeness (QED) is 0.359. The van der Waals surface area contributed by atoms with Crippen LogP contribution in [0.25, 0.3) is 0 Å². The van der Waals surface area contributed by atoms with Gasteiger partial charge in [0.05, 0.1) is 16.3 Å². The Morgan fingerprint density at radius 3 is 1.94 bits per heavy atom. The number of nitrogens with zero attached hydrogens (tertiary/aromatic N) is 3. The Hall–Kier alpha value is -4.10. The van der Waals surface area contributed by atoms with E-state index < -0.39 is 16.2 Å². The van der Waals surface area contributed by atoms with Gasteiger partial charge in [0.1, 0.15) is 0 Å². The molecule has 1 atom stereocenters. The van der Waals surface area contributed by atoms with Crippen LogP contribution in [-0.2, 0) is 10.0 Å². The maximum Gasteiger partial charge on any atom is 0.266 e. The lowest BCUT2D eigenvalue weighted by atomic mass is 10.1. The van der Waals surface area contributed by atoms with Crippen LogP contribution in [0.5, 0.6) is 0 Å². The molecule has 0 aromatic heterocycles. The SMILES string of the molecule is Cc1ccc(S(=O)(=O)N2c3ccccc3N(C(=O)c3ccccc3)[C@H]2c2ccc(N(C)C)cc2)cc1. The molecule has 5 rings (SSSR count). The maximum atomic E-state index is 14.2. The summed E-state index contributed by atoms with van der Waals surface area (Å²) in [4.78, 5) is 17.6. The molecule has 0 spiro atoms. The van der Waals surface area contributed by atoms with Gasteiger partial charge in [0, 0.05) is 25.3 Å². The molecule has 4 aromatic carbocycles. The van der Waals surface area contributed by atoms with Crippen molar-refractivity contribution in [2.24, 2.45) is 0 Å². The van der Waals surface area contributed by atoms with E-state index in [4.69, 9.17) is 0 Å². The van der Waals surface area contributed by atoms with E-state index in [1.807, 2.05) is 62.3 Å². The van der Waals surface area contributed by atoms with E-state index in [0.717, 1.165) is 11.3 Å². The van der Waals surface area contributed by atoms with Gasteiger partial charge < -0.3 is 4.90 Å². The molecule has 0 saturated heterocycles. The molecule has 0 aliphatic carbocycles. The number of hydrogen-bond acceptors (Lipinski definition) is 4. The summed E-state index contributed by atoms with van der Waals surface area (Å²) in [5.41, 5.74) is 4.12. The van der Waals surface area contributed by atoms with Gasteiger partial charge in [0.15, 0.2) is 6.17 Å². The van der Waals surface area contributed by atoms with Crippen molar-refractivity contribution in [3.63, 3.8) is 0 Å². The number of carbonyl (C=O) groups excluding carboxylic acids is 1. The van der Waals surface area contributed by atoms with E-state index in [1.54, 1.807) is 71.6 Å². The summed E-state index contributed by atoms with van der Waals surface area (Å²) in [6.07, 6.45) is -0.891. The molecule has 7 heteroatoms. The normalized spacial score (nSPS) is 15.0. The van der Waals surface area contributed by atoms with E-state index in [0.29, 0.717) is 22.5 Å². The molecule has 1 aliphatic rings. The van der Waals surface area contributed by atoms with Gasteiger partial charge in [0.2, 0.25) is 0 Å². The van der Waals surface area contributed by atoms with Crippen LogP contribution in [0.3, 0.4) is 0 Å². The topological polar surface area (TPSA) is 60.9 Å². The third-order valence-electron chi connectivity index (χ3n) is 6.37. The van der Waals surface area contributed by atoms with Gasteiger partial charge in [0.25, 0.3) is 15.9 Å². The summed E-state index contributed by atoms with van der Waals surface area (Å²) in [5, 5.41) is 0. The van der Waals surface area contributed by atoms with Gasteiger partial charge >= 0.3 is 0 Å². The molecular weight excluding hydrogens is 470 g/mol. The average Bonchev–Trinajstić information content (AvgIpc) is 3.25. The highest BCUT2D eigenvalue weighted by atomic mass is 32.2. The summed E-state index contributed by atoms with van der Waals surface area (Å²) in [6.45, 7) is 1.91. The molecule has 0 saturated carbocycles. The minimum absolute atomic E-state index is 0.173. The molecule has 0 radical (unpaired) electrons. The molecule has 4 aromatic rings. The molecule has 182 valence electrons. The number of carbonyl (C=O) groups is 1. The summed E-state index contributed by atoms with van der Waals surface area (Å²) in [5.74, 6) is -0.272. The number of sulfonamides is 1. The first kappa shape index (κ1) is 23.6. The van der Waals surface area contributed by atoms with Crippen molar-refractivity contribution in [1.29, 1.82) is 0 Å². The minimum Gasteiger partial charge on any atom is -0.378 e. The minimum atomic E-state index is -4.01. The van der Waals surface area contributed by atoms with Crippen molar-refractivity contribution in [1.82, 2.24) is 0 Å². The first-order chi connectivity index (χ1) is 17.3. The Labute approximate surface area is 212 Å². The molecular formula is C29H27N3O3S. The maximum absolute atomic E-state index is 14.2. The van der Waals surface area contributed by atoms with Crippen molar-refractivity contribution in [3.8, 4) is 0 Å². The van der Waals surface area contributed by atoms with Crippen LogP contribution in [0.2, 0.25) is 0 Å². The molecule has 0 unspecified atom stereocenters. The monoisotopic (exact) mass is 497 g/mol. The zero-order chi connectivity index (χ0) is 25.4. The summed E-state index contributed by atoms with van der Waals surface area (Å²) >= 11 is 0. The Morgan fingerprint density at radius 2 is 1.33 bits per heavy atom. The van der Waals surface area contributed by atoms with E-state index in [1.165, 1.54) is 4.31 Å². The van der Waals surface area contributed by atoms with Crippen molar-refractivity contribution < 1.29 is 13.2 Å². The highest BCUT2D eigenvalue weighted by Gasteiger charge is 2.46. The van der Waals surface area contributed by atoms with Gasteiger partial charge in [-0.3, -0.25) is 9.69 Å². The molecule has 0 bridgehead atoms. The van der Waals surface area contributed by atoms with Gasteiger partial charge in [-0.2, -0.15) is 0 Å². The number of benzene rings is 4. The number of anilines is 3. The molecule has 1 aliphatic heterocycles. The number of para-hydroxylation sites is 2. The lowest BCUT2D eigenvalue weighted by Crippen LogP contribution is -2.42. The van der Waals surface area contributed by atoms with Gasteiger partial charge in [-0.05, 0) is 61.0 Å². The number of amides is 1. The second kappa shape index (κ2) is 9.17. The summed E-state index contributed by atoms with van der Waals surface area (Å²) < 4.78 is 29.7. The summed E-state index contributed by atoms with van der Waals surface area (Å²) in [6, 6.07) is 30.5. The Morgan fingerprint density at radius 1 is 0.750 bits per heavy atom. The van der Waals surface area contributed by atoms with Crippen molar-refractivity contribution in [3.05, 3.63) is 120 Å². The van der Waals surface area contributed by atoms with Crippen LogP contribution < -0.4 is 14.1 Å². The van der Waals surface area contributed by atoms with Gasteiger partial charge in [-0.25, -0.2) is 12.7 Å². The molecule has 6 nitrogen and oxygen atoms in total. The van der Waals surface area contributed by atoms with E-state index in [9.17, 15) is 13.2 Å². The average molecular weight is 498 g/mol. The van der Waals surface area contributed by atoms with Crippen LogP contribution in [0.4, 0.5) is 17.1 Å². The number of aryl methyl sites for hydroxylation is 1. The molecule has 0 fully saturated rings. The van der Waals surface area contributed by atoms with Crippen molar-refractivity contribution in [2.75, 3.05) is 28.2 Å². The van der Waals surface area contributed by atoms with Crippen LogP contribution >= 0.6 is 0 Å². The fraction of sp³-hybridized carbons (Fsp3) is 0.138. The fourth-order valence-corrected chi connectivity index (χ4v) is 6.08. The predicted molar refractivity (Wildman–Crippen MR) is 144 cm³/mol. The van der Waals surface area contributed by atoms with Crippen LogP contribution in [0.15, 0.2) is 108 Å². The van der Waals surface area contributed by atoms with Crippen molar-refractivity contribution >= 4 is 33.0 Å². The number of hydrogen-bond donors (Lipinski definition) is 0. The smallest absolute Gasteiger partial charge is 0.266 e. The van der Waals surface area contributed by atoms with E-state index >= 15 is 0 Å². The van der Waals surface area contributed by atoms with Crippen LogP contribution in [0, 0.1) is 6.92 Å². The Balaban J connectivity index is 1.73. The van der Waals surface area contributed by atoms with Gasteiger partial charge in [-0.1, -0.05) is 60.2 Å². The first-order valence-corrected chi connectivity index (χ1v) is 13.1. The largest absolute Gasteiger partial charge is 0.378 e. The van der Waals surface area contributed by atoms with Gasteiger partial charge in [-0.15, -0.1) is 0 Å². The fourth-order valence-electron chi connectivity index (χ4n) is 4.48. The highest BCUT2D eigenvalue weighted by Crippen LogP contribution is 2.49. The van der Waals surface area contributed by atoms with E-state index in [2.05, 4.69) is 0 Å². The second-order valence-electron chi connectivity index (χ2n) is 9.00. The lowest BCUT2D eigenvalue weighted by molar-refractivity contribution is 0.0980. The third-order valence-corrected chi connectivity index (χ3v) is 8.15. The Kier molecular flexibility index (Phi) is 6.02. The standard InChI is InChI=1S/C29H27N3O3S/c1-21-13-19-25(20-14-21)36(34,35)32-27-12-8-7-11-26(27)31(29(33)23-9-5-4-6-10-23)28(32)22-15-17-24(18-16-22)30(2)3/h4-20,28H,1-3H3/t28-/m1/s1. The molecule has 36 heavy (non-hydrogen) atoms. The molecule has 1 amide bonds. The predicted octanol–water partition coefficient (Wildman–Crippen LogP) is 5.62. The summed E-state index contributed by atoms with van der Waals surface area (Å²) in [7, 11) is -0.124. The second-order valence-corrected chi connectivity index (χ2v) is 10.8. The highest BCUT2D eigenvalue weighted by molar-refractivity contribution is 7.92. The zero-order valence-corrected chi connectivity index (χ0v) is 21.2. The first-order valence-electron chi connectivity index (χ1n) is 11.6. The third kappa shape index (κ3) is 4.01. The lowest BCUT2D eigenvalue weighted by Gasteiger charge is -2.32. The Bertz CT molecular complexity index is 1500. The molecule has 0 N–H and O–H groups in total. The van der Waals surface area contributed by atoms with Crippen LogP contribution in [0.1, 0.15) is 27.7 Å². The van der Waals surface area contributed by atoms with Crippen molar-refractivity contribution in [2.45, 2.75) is 18.0 Å².